The molecule has 6 nitrogen and oxygen atoms in total. The summed E-state index contributed by atoms with van der Waals surface area (Å²) in [5.41, 5.74) is 1.47. The first-order valence-corrected chi connectivity index (χ1v) is 9.64. The fraction of sp³-hybridized carbons (Fsp3) is 0.550. The Bertz CT molecular complexity index is 647. The predicted octanol–water partition coefficient (Wildman–Crippen LogP) is 3.38. The zero-order valence-electron chi connectivity index (χ0n) is 16.3. The van der Waals surface area contributed by atoms with Crippen LogP contribution in [0.25, 0.3) is 0 Å². The van der Waals surface area contributed by atoms with Gasteiger partial charge in [0.05, 0.1) is 6.42 Å². The molecule has 0 heterocycles. The molecule has 0 aliphatic heterocycles. The molecule has 1 amide bonds. The quantitative estimate of drug-likeness (QED) is 0.548. The number of hydrogen-bond acceptors (Lipinski definition) is 4. The lowest BCUT2D eigenvalue weighted by atomic mass is 10.1. The Morgan fingerprint density at radius 1 is 1.11 bits per heavy atom. The van der Waals surface area contributed by atoms with E-state index in [2.05, 4.69) is 18.7 Å². The van der Waals surface area contributed by atoms with Crippen LogP contribution in [0, 0.1) is 0 Å². The Hall–Kier alpha value is -1.92. The number of rotatable bonds is 12. The smallest absolute Gasteiger partial charge is 0.303 e. The molecule has 7 heteroatoms. The topological polar surface area (TPSA) is 77.9 Å². The third kappa shape index (κ3) is 8.10. The zero-order chi connectivity index (χ0) is 20.4. The molecular weight excluding hydrogens is 368 g/mol. The van der Waals surface area contributed by atoms with Gasteiger partial charge in [0, 0.05) is 44.7 Å². The van der Waals surface area contributed by atoms with E-state index in [4.69, 9.17) is 16.7 Å². The molecule has 0 aromatic heterocycles. The van der Waals surface area contributed by atoms with Crippen LogP contribution in [0.5, 0.6) is 0 Å². The summed E-state index contributed by atoms with van der Waals surface area (Å²) < 4.78 is 0. The van der Waals surface area contributed by atoms with Gasteiger partial charge >= 0.3 is 5.97 Å². The van der Waals surface area contributed by atoms with Crippen LogP contribution in [0.4, 0.5) is 0 Å². The maximum Gasteiger partial charge on any atom is 0.303 e. The van der Waals surface area contributed by atoms with Crippen LogP contribution < -0.4 is 0 Å². The van der Waals surface area contributed by atoms with Crippen molar-refractivity contribution in [3.8, 4) is 0 Å². The number of likely N-dealkylation sites (N-methyl/N-ethyl adjacent to an activating group) is 1. The maximum absolute atomic E-state index is 12.0. The van der Waals surface area contributed by atoms with E-state index >= 15 is 0 Å². The van der Waals surface area contributed by atoms with Crippen LogP contribution in [0.15, 0.2) is 24.3 Å². The number of nitrogens with zero attached hydrogens (tertiary/aromatic N) is 2. The van der Waals surface area contributed by atoms with Gasteiger partial charge in [-0.1, -0.05) is 32.0 Å². The molecule has 0 bridgehead atoms. The summed E-state index contributed by atoms with van der Waals surface area (Å²) in [5.74, 6) is -1.14. The van der Waals surface area contributed by atoms with Crippen molar-refractivity contribution in [3.63, 3.8) is 0 Å². The van der Waals surface area contributed by atoms with Crippen LogP contribution in [-0.4, -0.2) is 58.2 Å². The summed E-state index contributed by atoms with van der Waals surface area (Å²) in [4.78, 5) is 37.9. The van der Waals surface area contributed by atoms with Crippen LogP contribution >= 0.6 is 11.6 Å². The highest BCUT2D eigenvalue weighted by Gasteiger charge is 2.18. The van der Waals surface area contributed by atoms with Crippen molar-refractivity contribution < 1.29 is 19.5 Å². The van der Waals surface area contributed by atoms with Crippen molar-refractivity contribution in [3.05, 3.63) is 35.4 Å². The average Bonchev–Trinajstić information content (AvgIpc) is 2.64. The van der Waals surface area contributed by atoms with Gasteiger partial charge < -0.3 is 10.0 Å². The van der Waals surface area contributed by atoms with E-state index in [0.717, 1.165) is 18.4 Å². The fourth-order valence-corrected chi connectivity index (χ4v) is 3.15. The Kier molecular flexibility index (Phi) is 10.0. The van der Waals surface area contributed by atoms with Crippen molar-refractivity contribution in [1.29, 1.82) is 0 Å². The maximum atomic E-state index is 12.0. The number of carbonyl (C=O) groups is 3. The lowest BCUT2D eigenvalue weighted by Gasteiger charge is -2.32. The van der Waals surface area contributed by atoms with Gasteiger partial charge in [0.25, 0.3) is 5.24 Å². The first-order valence-electron chi connectivity index (χ1n) is 9.27. The highest BCUT2D eigenvalue weighted by atomic mass is 35.5. The van der Waals surface area contributed by atoms with E-state index in [0.29, 0.717) is 31.2 Å². The van der Waals surface area contributed by atoms with E-state index in [-0.39, 0.29) is 18.7 Å². The van der Waals surface area contributed by atoms with Crippen molar-refractivity contribution in [2.24, 2.45) is 0 Å². The highest BCUT2D eigenvalue weighted by Crippen LogP contribution is 2.16. The van der Waals surface area contributed by atoms with Gasteiger partial charge in [0.1, 0.15) is 0 Å². The van der Waals surface area contributed by atoms with Crippen LogP contribution in [0.2, 0.25) is 0 Å². The van der Waals surface area contributed by atoms with Crippen molar-refractivity contribution in [1.82, 2.24) is 9.80 Å². The Balaban J connectivity index is 2.77. The SMILES string of the molecule is CCC(CC)N(CCN(C)C(=O)CCC(=O)O)Cc1cccc(C(=O)Cl)c1. The van der Waals surface area contributed by atoms with E-state index in [1.54, 1.807) is 24.1 Å². The van der Waals surface area contributed by atoms with Crippen LogP contribution in [0.1, 0.15) is 55.5 Å². The Labute approximate surface area is 166 Å². The molecule has 0 atom stereocenters. The number of hydrogen-bond donors (Lipinski definition) is 1. The molecular formula is C20H29ClN2O4. The van der Waals surface area contributed by atoms with Gasteiger partial charge in [-0.05, 0) is 36.1 Å². The molecule has 0 aliphatic rings. The first kappa shape index (κ1) is 23.1. The summed E-state index contributed by atoms with van der Waals surface area (Å²) in [6, 6.07) is 7.61. The monoisotopic (exact) mass is 396 g/mol. The van der Waals surface area contributed by atoms with Crippen molar-refractivity contribution in [2.45, 2.75) is 52.1 Å². The molecule has 0 saturated carbocycles. The molecule has 0 unspecified atom stereocenters. The summed E-state index contributed by atoms with van der Waals surface area (Å²) in [5, 5.41) is 8.23. The summed E-state index contributed by atoms with van der Waals surface area (Å²) in [6.45, 7) is 6.09. The number of benzene rings is 1. The lowest BCUT2D eigenvalue weighted by molar-refractivity contribution is -0.140. The molecule has 0 spiro atoms. The van der Waals surface area contributed by atoms with Gasteiger partial charge in [0.15, 0.2) is 0 Å². The van der Waals surface area contributed by atoms with Gasteiger partial charge in [-0.2, -0.15) is 0 Å². The van der Waals surface area contributed by atoms with E-state index in [9.17, 15) is 14.4 Å². The van der Waals surface area contributed by atoms with Crippen LogP contribution in [0.3, 0.4) is 0 Å². The second-order valence-corrected chi connectivity index (χ2v) is 6.97. The van der Waals surface area contributed by atoms with Gasteiger partial charge in [-0.15, -0.1) is 0 Å². The largest absolute Gasteiger partial charge is 0.481 e. The number of aliphatic carboxylic acids is 1. The molecule has 1 rings (SSSR count). The molecule has 0 aliphatic carbocycles. The van der Waals surface area contributed by atoms with E-state index in [1.165, 1.54) is 0 Å². The Morgan fingerprint density at radius 3 is 2.33 bits per heavy atom. The molecule has 0 fully saturated rings. The van der Waals surface area contributed by atoms with Gasteiger partial charge in [-0.25, -0.2) is 0 Å². The number of carbonyl (C=O) groups excluding carboxylic acids is 2. The first-order chi connectivity index (χ1) is 12.8. The molecule has 1 aromatic carbocycles. The van der Waals surface area contributed by atoms with Crippen molar-refractivity contribution >= 4 is 28.7 Å². The average molecular weight is 397 g/mol. The molecule has 27 heavy (non-hydrogen) atoms. The number of carboxylic acids is 1. The van der Waals surface area contributed by atoms with Gasteiger partial charge in [-0.3, -0.25) is 19.3 Å². The molecule has 1 N–H and O–H groups in total. The van der Waals surface area contributed by atoms with Crippen LogP contribution in [-0.2, 0) is 16.1 Å². The number of carboxylic acid groups (broad SMARTS) is 1. The fourth-order valence-electron chi connectivity index (χ4n) is 3.03. The third-order valence-corrected chi connectivity index (χ3v) is 4.92. The zero-order valence-corrected chi connectivity index (χ0v) is 17.0. The summed E-state index contributed by atoms with van der Waals surface area (Å²) >= 11 is 5.58. The second kappa shape index (κ2) is 11.7. The van der Waals surface area contributed by atoms with E-state index in [1.807, 2.05) is 12.1 Å². The normalized spacial score (nSPS) is 11.0. The van der Waals surface area contributed by atoms with E-state index < -0.39 is 11.2 Å². The minimum atomic E-state index is -0.968. The summed E-state index contributed by atoms with van der Waals surface area (Å²) in [7, 11) is 1.70. The third-order valence-electron chi connectivity index (χ3n) is 4.70. The predicted molar refractivity (Wildman–Crippen MR) is 106 cm³/mol. The van der Waals surface area contributed by atoms with Crippen molar-refractivity contribution in [2.75, 3.05) is 20.1 Å². The molecule has 1 aromatic rings. The number of amides is 1. The number of halogens is 1. The summed E-state index contributed by atoms with van der Waals surface area (Å²) in [6.07, 6.45) is 1.80. The minimum Gasteiger partial charge on any atom is -0.481 e. The minimum absolute atomic E-state index is 0.0106. The molecule has 0 saturated heterocycles. The Morgan fingerprint density at radius 2 is 1.78 bits per heavy atom. The second-order valence-electron chi connectivity index (χ2n) is 6.62. The lowest BCUT2D eigenvalue weighted by Crippen LogP contribution is -2.41. The molecule has 0 radical (unpaired) electrons. The highest BCUT2D eigenvalue weighted by molar-refractivity contribution is 6.67. The van der Waals surface area contributed by atoms with Gasteiger partial charge in [0.2, 0.25) is 5.91 Å². The molecule has 150 valence electrons. The standard InChI is InChI=1S/C20H29ClN2O4/c1-4-17(5-2)23(12-11-22(3)18(24)9-10-19(25)26)14-15-7-6-8-16(13-15)20(21)27/h6-8,13,17H,4-5,9-12,14H2,1-3H3,(H,25,26).